The fourth-order valence-electron chi connectivity index (χ4n) is 3.05. The van der Waals surface area contributed by atoms with Crippen LogP contribution in [-0.4, -0.2) is 45.4 Å². The second-order valence-electron chi connectivity index (χ2n) is 5.86. The Labute approximate surface area is 121 Å². The third-order valence-corrected chi connectivity index (χ3v) is 4.20. The fourth-order valence-corrected chi connectivity index (χ4v) is 3.05. The van der Waals surface area contributed by atoms with E-state index in [2.05, 4.69) is 13.8 Å². The third kappa shape index (κ3) is 3.07. The molecule has 0 N–H and O–H groups in total. The summed E-state index contributed by atoms with van der Waals surface area (Å²) in [5, 5.41) is 0. The third-order valence-electron chi connectivity index (χ3n) is 4.20. The van der Waals surface area contributed by atoms with Gasteiger partial charge in [-0.1, -0.05) is 39.5 Å². The van der Waals surface area contributed by atoms with E-state index in [4.69, 9.17) is 23.4 Å². The number of fused-ring (bicyclic) bond motifs is 3. The molecule has 0 bridgehead atoms. The first-order valence-corrected chi connectivity index (χ1v) is 8.05. The highest BCUT2D eigenvalue weighted by molar-refractivity contribution is 6.45. The quantitative estimate of drug-likeness (QED) is 0.698. The molecule has 0 amide bonds. The van der Waals surface area contributed by atoms with Crippen LogP contribution in [0.3, 0.4) is 0 Å². The Morgan fingerprint density at radius 3 is 2.35 bits per heavy atom. The van der Waals surface area contributed by atoms with Crippen molar-refractivity contribution >= 4 is 14.2 Å². The Morgan fingerprint density at radius 1 is 0.900 bits per heavy atom. The summed E-state index contributed by atoms with van der Waals surface area (Å²) in [7, 11) is -0.247. The summed E-state index contributed by atoms with van der Waals surface area (Å²) in [6, 6.07) is 0. The van der Waals surface area contributed by atoms with Gasteiger partial charge < -0.3 is 23.4 Å². The summed E-state index contributed by atoms with van der Waals surface area (Å²) in [4.78, 5) is 0. The molecule has 3 rings (SSSR count). The minimum absolute atomic E-state index is 0.0396. The first-order valence-electron chi connectivity index (χ1n) is 8.05. The maximum atomic E-state index is 6.03. The van der Waals surface area contributed by atoms with E-state index in [1.807, 2.05) is 0 Å². The second kappa shape index (κ2) is 6.79. The minimum Gasteiger partial charge on any atom is -0.408 e. The molecule has 112 valence electrons. The Balaban J connectivity index is 1.53. The van der Waals surface area contributed by atoms with Crippen LogP contribution in [0.4, 0.5) is 0 Å². The summed E-state index contributed by atoms with van der Waals surface area (Å²) < 4.78 is 29.4. The van der Waals surface area contributed by atoms with Gasteiger partial charge in [-0.3, -0.25) is 0 Å². The van der Waals surface area contributed by atoms with Gasteiger partial charge in [0.2, 0.25) is 0 Å². The van der Waals surface area contributed by atoms with Crippen LogP contribution < -0.4 is 0 Å². The molecular weight excluding hydrogens is 258 g/mol. The molecule has 0 aromatic rings. The predicted molar refractivity (Wildman–Crippen MR) is 76.4 cm³/mol. The summed E-state index contributed by atoms with van der Waals surface area (Å²) in [5.74, 6) is 0. The van der Waals surface area contributed by atoms with Crippen molar-refractivity contribution in [3.8, 4) is 0 Å². The Hall–Kier alpha value is -0.0701. The van der Waals surface area contributed by atoms with E-state index in [1.165, 1.54) is 0 Å². The molecule has 4 unspecified atom stereocenters. The van der Waals surface area contributed by atoms with Gasteiger partial charge in [0.15, 0.2) is 6.29 Å². The van der Waals surface area contributed by atoms with Crippen LogP contribution in [0.25, 0.3) is 0 Å². The van der Waals surface area contributed by atoms with E-state index < -0.39 is 0 Å². The van der Waals surface area contributed by atoms with Crippen molar-refractivity contribution in [1.29, 1.82) is 0 Å². The van der Waals surface area contributed by atoms with Crippen LogP contribution in [0.15, 0.2) is 0 Å². The summed E-state index contributed by atoms with van der Waals surface area (Å²) in [6.45, 7) is 4.92. The van der Waals surface area contributed by atoms with E-state index in [9.17, 15) is 0 Å². The average Bonchev–Trinajstić information content (AvgIpc) is 3.00. The minimum atomic E-state index is -0.277. The maximum absolute atomic E-state index is 6.03. The van der Waals surface area contributed by atoms with Crippen molar-refractivity contribution in [2.45, 2.75) is 76.8 Å². The number of ether oxygens (including phenoxy) is 1. The Bertz CT molecular complexity index is 319. The van der Waals surface area contributed by atoms with Crippen molar-refractivity contribution < 1.29 is 23.4 Å². The molecule has 0 radical (unpaired) electrons. The Morgan fingerprint density at radius 2 is 1.60 bits per heavy atom. The number of hydrogen-bond donors (Lipinski definition) is 0. The van der Waals surface area contributed by atoms with Gasteiger partial charge in [-0.15, -0.1) is 0 Å². The van der Waals surface area contributed by atoms with Gasteiger partial charge in [0.25, 0.3) is 0 Å². The van der Waals surface area contributed by atoms with Gasteiger partial charge in [-0.25, -0.2) is 0 Å². The lowest BCUT2D eigenvalue weighted by atomic mass is 9.80. The molecule has 3 fully saturated rings. The zero-order chi connectivity index (χ0) is 13.9. The van der Waals surface area contributed by atoms with E-state index in [0.717, 1.165) is 38.3 Å². The van der Waals surface area contributed by atoms with Gasteiger partial charge >= 0.3 is 14.2 Å². The van der Waals surface area contributed by atoms with Crippen LogP contribution >= 0.6 is 0 Å². The van der Waals surface area contributed by atoms with Crippen molar-refractivity contribution in [3.05, 3.63) is 0 Å². The molecule has 0 aromatic heterocycles. The highest BCUT2D eigenvalue weighted by Crippen LogP contribution is 2.37. The van der Waals surface area contributed by atoms with Gasteiger partial charge in [0, 0.05) is 0 Å². The molecule has 5 nitrogen and oxygen atoms in total. The molecule has 0 aliphatic carbocycles. The van der Waals surface area contributed by atoms with Crippen LogP contribution in [0.1, 0.15) is 39.5 Å². The summed E-state index contributed by atoms with van der Waals surface area (Å²) in [5.41, 5.74) is 0. The molecule has 3 heterocycles. The van der Waals surface area contributed by atoms with Crippen LogP contribution in [0.2, 0.25) is 12.6 Å². The number of rotatable bonds is 6. The van der Waals surface area contributed by atoms with Crippen LogP contribution in [-0.2, 0) is 23.4 Å². The molecule has 0 saturated carbocycles. The molecule has 4 atom stereocenters. The normalized spacial score (nSPS) is 36.3. The highest BCUT2D eigenvalue weighted by atomic mass is 16.8. The van der Waals surface area contributed by atoms with Crippen LogP contribution in [0.5, 0.6) is 0 Å². The molecule has 3 aliphatic heterocycles. The maximum Gasteiger partial charge on any atom is 0.459 e. The molecule has 3 saturated heterocycles. The van der Waals surface area contributed by atoms with Crippen molar-refractivity contribution in [3.63, 3.8) is 0 Å². The summed E-state index contributed by atoms with van der Waals surface area (Å²) in [6.07, 6.45) is 5.95. The lowest BCUT2D eigenvalue weighted by Crippen LogP contribution is -2.48. The predicted octanol–water partition coefficient (Wildman–Crippen LogP) is 2.12. The number of unbranched alkanes of at least 4 members (excludes halogenated alkanes) is 2. The largest absolute Gasteiger partial charge is 0.459 e. The zero-order valence-corrected chi connectivity index (χ0v) is 12.5. The standard InChI is InChI=1S/C13H24B2O5/c1-3-5-7-14-16-9-10-11(18-14)12-13(17-10)20-15(19-12)8-6-4-2/h10-13H,3-9H2,1-2H3. The molecule has 0 aromatic carbocycles. The fraction of sp³-hybridized carbons (Fsp3) is 1.00. The highest BCUT2D eigenvalue weighted by Gasteiger charge is 2.56. The molecule has 7 heteroatoms. The van der Waals surface area contributed by atoms with Gasteiger partial charge in [0.05, 0.1) is 6.61 Å². The lowest BCUT2D eigenvalue weighted by molar-refractivity contribution is -0.101. The van der Waals surface area contributed by atoms with E-state index >= 15 is 0 Å². The summed E-state index contributed by atoms with van der Waals surface area (Å²) >= 11 is 0. The Kier molecular flexibility index (Phi) is 5.04. The number of hydrogen-bond acceptors (Lipinski definition) is 5. The van der Waals surface area contributed by atoms with Crippen molar-refractivity contribution in [1.82, 2.24) is 0 Å². The van der Waals surface area contributed by atoms with Crippen LogP contribution in [0, 0.1) is 0 Å². The average molecular weight is 282 g/mol. The topological polar surface area (TPSA) is 46.2 Å². The monoisotopic (exact) mass is 282 g/mol. The van der Waals surface area contributed by atoms with Gasteiger partial charge in [-0.2, -0.15) is 0 Å². The van der Waals surface area contributed by atoms with E-state index in [0.29, 0.717) is 6.61 Å². The first-order chi connectivity index (χ1) is 9.81. The SMILES string of the molecule is CCCCB1OCC2OC3OB(CCCC)OC3C2O1. The van der Waals surface area contributed by atoms with Gasteiger partial charge in [-0.05, 0) is 12.6 Å². The molecule has 0 spiro atoms. The second-order valence-corrected chi connectivity index (χ2v) is 5.86. The van der Waals surface area contributed by atoms with E-state index in [1.54, 1.807) is 0 Å². The molecular formula is C13H24B2O5. The van der Waals surface area contributed by atoms with Crippen molar-refractivity contribution in [2.24, 2.45) is 0 Å². The van der Waals surface area contributed by atoms with E-state index in [-0.39, 0.29) is 38.8 Å². The smallest absolute Gasteiger partial charge is 0.408 e. The first kappa shape index (κ1) is 14.9. The zero-order valence-electron chi connectivity index (χ0n) is 12.5. The lowest BCUT2D eigenvalue weighted by Gasteiger charge is -2.31. The molecule has 3 aliphatic rings. The molecule has 20 heavy (non-hydrogen) atoms. The van der Waals surface area contributed by atoms with Gasteiger partial charge in [0.1, 0.15) is 18.3 Å². The van der Waals surface area contributed by atoms with Crippen molar-refractivity contribution in [2.75, 3.05) is 6.61 Å².